The zero-order valence-corrected chi connectivity index (χ0v) is 26.3. The summed E-state index contributed by atoms with van der Waals surface area (Å²) in [5, 5.41) is 22.0. The smallest absolute Gasteiger partial charge is 0.339 e. The van der Waals surface area contributed by atoms with E-state index >= 15 is 0 Å². The van der Waals surface area contributed by atoms with Gasteiger partial charge in [-0.2, -0.15) is 0 Å². The fourth-order valence-corrected chi connectivity index (χ4v) is 7.51. The van der Waals surface area contributed by atoms with Gasteiger partial charge >= 0.3 is 11.9 Å². The van der Waals surface area contributed by atoms with Gasteiger partial charge in [-0.1, -0.05) is 39.7 Å². The number of nitrogens with zero attached hydrogens (tertiary/aromatic N) is 1. The Hall–Kier alpha value is -2.62. The molecule has 5 rings (SSSR count). The van der Waals surface area contributed by atoms with Crippen LogP contribution in [-0.4, -0.2) is 76.4 Å². The maximum atomic E-state index is 14.0. The molecule has 2 N–H and O–H groups in total. The third kappa shape index (κ3) is 7.10. The summed E-state index contributed by atoms with van der Waals surface area (Å²) in [4.78, 5) is 29.4. The first-order valence-electron chi connectivity index (χ1n) is 16.1. The van der Waals surface area contributed by atoms with Crippen molar-refractivity contribution in [2.24, 2.45) is 0 Å². The number of fused-ring (bicyclic) bond motifs is 3. The molecule has 9 heteroatoms. The number of hydrogen-bond acceptors (Lipinski definition) is 9. The van der Waals surface area contributed by atoms with Gasteiger partial charge in [-0.05, 0) is 101 Å². The molecule has 44 heavy (non-hydrogen) atoms. The van der Waals surface area contributed by atoms with E-state index in [1.54, 1.807) is 13.8 Å². The fraction of sp³-hybridized carbons (Fsp3) is 0.714. The molecule has 246 valence electrons. The zero-order chi connectivity index (χ0) is 30.8. The molecule has 0 bridgehead atoms. The molecular weight excluding hydrogens is 562 g/mol. The molecule has 1 aromatic rings. The molecule has 1 aliphatic carbocycles. The first kappa shape index (κ1) is 34.3. The van der Waals surface area contributed by atoms with E-state index in [2.05, 4.69) is 24.0 Å². The van der Waals surface area contributed by atoms with Crippen molar-refractivity contribution in [2.45, 2.75) is 135 Å². The molecule has 3 aliphatic heterocycles. The second kappa shape index (κ2) is 13.8. The lowest BCUT2D eigenvalue weighted by Gasteiger charge is -2.40. The molecule has 1 spiro atoms. The topological polar surface area (TPSA) is 115 Å². The number of aliphatic hydroxyl groups is 2. The van der Waals surface area contributed by atoms with E-state index in [0.717, 1.165) is 80.5 Å². The van der Waals surface area contributed by atoms with Gasteiger partial charge in [-0.15, -0.1) is 0 Å². The number of carbonyl (C=O) groups is 2. The van der Waals surface area contributed by atoms with Gasteiger partial charge in [0.15, 0.2) is 17.1 Å². The molecule has 4 atom stereocenters. The second-order valence-electron chi connectivity index (χ2n) is 13.6. The minimum absolute atomic E-state index is 0. The number of carbonyl (C=O) groups excluding carboxylic acids is 2. The van der Waals surface area contributed by atoms with E-state index in [4.69, 9.17) is 18.9 Å². The van der Waals surface area contributed by atoms with E-state index in [9.17, 15) is 19.8 Å². The van der Waals surface area contributed by atoms with Crippen molar-refractivity contribution in [1.29, 1.82) is 0 Å². The average molecular weight is 616 g/mol. The van der Waals surface area contributed by atoms with Crippen LogP contribution in [0.15, 0.2) is 23.8 Å². The van der Waals surface area contributed by atoms with Gasteiger partial charge in [0, 0.05) is 12.5 Å². The summed E-state index contributed by atoms with van der Waals surface area (Å²) in [6.07, 6.45) is 8.51. The first-order valence-corrected chi connectivity index (χ1v) is 16.1. The molecule has 1 fully saturated rings. The van der Waals surface area contributed by atoms with Crippen LogP contribution in [0.25, 0.3) is 0 Å². The Morgan fingerprint density at radius 3 is 2.55 bits per heavy atom. The van der Waals surface area contributed by atoms with Crippen LogP contribution in [0.1, 0.15) is 116 Å². The van der Waals surface area contributed by atoms with Gasteiger partial charge in [-0.3, -0.25) is 9.69 Å². The van der Waals surface area contributed by atoms with E-state index in [-0.39, 0.29) is 38.7 Å². The molecule has 4 aliphatic rings. The maximum Gasteiger partial charge on any atom is 0.339 e. The Labute approximate surface area is 262 Å². The molecule has 0 saturated carbocycles. The van der Waals surface area contributed by atoms with Crippen molar-refractivity contribution in [3.63, 3.8) is 0 Å². The number of unbranched alkanes of at least 4 members (excludes halogenated alkanes) is 3. The first-order chi connectivity index (χ1) is 20.5. The largest absolute Gasteiger partial charge is 0.466 e. The molecule has 1 saturated heterocycles. The van der Waals surface area contributed by atoms with Gasteiger partial charge in [0.25, 0.3) is 0 Å². The van der Waals surface area contributed by atoms with E-state index in [0.29, 0.717) is 18.6 Å². The summed E-state index contributed by atoms with van der Waals surface area (Å²) in [5.41, 5.74) is -0.169. The third-order valence-corrected chi connectivity index (χ3v) is 9.67. The van der Waals surface area contributed by atoms with Gasteiger partial charge in [0.2, 0.25) is 6.79 Å². The van der Waals surface area contributed by atoms with Crippen molar-refractivity contribution in [2.75, 3.05) is 26.5 Å². The molecular formula is C35H53NO8. The molecule has 3 heterocycles. The SMILES string of the molecule is C.CCCCCCOC(=O)C[C@](O)(CCCC(C)(C)O)C(=O)OC1C(C)=C[C@@]23CCCN2CCc2cc4c(cc2[C@H]13)OCO4. The summed E-state index contributed by atoms with van der Waals surface area (Å²) in [6, 6.07) is 4.11. The summed E-state index contributed by atoms with van der Waals surface area (Å²) in [6.45, 7) is 9.76. The number of hydrogen-bond donors (Lipinski definition) is 2. The van der Waals surface area contributed by atoms with Crippen molar-refractivity contribution in [3.05, 3.63) is 34.9 Å². The summed E-state index contributed by atoms with van der Waals surface area (Å²) < 4.78 is 23.2. The lowest BCUT2D eigenvalue weighted by atomic mass is 9.77. The van der Waals surface area contributed by atoms with Crippen molar-refractivity contribution in [3.8, 4) is 11.5 Å². The lowest BCUT2D eigenvalue weighted by molar-refractivity contribution is -0.178. The molecule has 0 amide bonds. The van der Waals surface area contributed by atoms with Crippen molar-refractivity contribution < 1.29 is 38.7 Å². The predicted octanol–water partition coefficient (Wildman–Crippen LogP) is 5.58. The molecule has 1 aromatic carbocycles. The zero-order valence-electron chi connectivity index (χ0n) is 26.3. The number of ether oxygens (including phenoxy) is 4. The number of benzene rings is 1. The second-order valence-corrected chi connectivity index (χ2v) is 13.6. The normalized spacial score (nSPS) is 25.1. The van der Waals surface area contributed by atoms with Crippen LogP contribution in [-0.2, 0) is 25.5 Å². The highest BCUT2D eigenvalue weighted by Crippen LogP contribution is 2.55. The Balaban J connectivity index is 0.00000442. The maximum absolute atomic E-state index is 14.0. The Morgan fingerprint density at radius 2 is 1.82 bits per heavy atom. The fourth-order valence-electron chi connectivity index (χ4n) is 7.51. The van der Waals surface area contributed by atoms with Gasteiger partial charge < -0.3 is 29.2 Å². The minimum Gasteiger partial charge on any atom is -0.466 e. The van der Waals surface area contributed by atoms with Gasteiger partial charge in [0.1, 0.15) is 6.10 Å². The van der Waals surface area contributed by atoms with E-state index in [1.807, 2.05) is 13.0 Å². The summed E-state index contributed by atoms with van der Waals surface area (Å²) in [7, 11) is 0. The quantitative estimate of drug-likeness (QED) is 0.167. The molecule has 9 nitrogen and oxygen atoms in total. The summed E-state index contributed by atoms with van der Waals surface area (Å²) >= 11 is 0. The van der Waals surface area contributed by atoms with Crippen LogP contribution < -0.4 is 9.47 Å². The standard InChI is InChI=1S/C34H49NO8.CH4/c1-5-6-7-8-17-40-28(36)21-34(39,14-9-12-32(3,4)38)31(37)43-30-23(2)20-33-13-10-15-35(33)16-11-24-18-26-27(42-22-41-26)19-25(24)29(30)33;/h18-20,29-30,38-39H,5-17,21-22H2,1-4H3;1H4/t29-,30?,33-,34-;/m1./s1. The predicted molar refractivity (Wildman–Crippen MR) is 168 cm³/mol. The highest BCUT2D eigenvalue weighted by molar-refractivity contribution is 5.86. The van der Waals surface area contributed by atoms with Crippen LogP contribution in [0.2, 0.25) is 0 Å². The van der Waals surface area contributed by atoms with Gasteiger partial charge in [0.05, 0.1) is 24.2 Å². The highest BCUT2D eigenvalue weighted by atomic mass is 16.7. The Bertz CT molecular complexity index is 1220. The number of rotatable bonds is 13. The van der Waals surface area contributed by atoms with Crippen molar-refractivity contribution in [1.82, 2.24) is 4.90 Å². The third-order valence-electron chi connectivity index (χ3n) is 9.67. The van der Waals surface area contributed by atoms with Crippen LogP contribution in [0.4, 0.5) is 0 Å². The minimum atomic E-state index is -2.07. The number of esters is 2. The Kier molecular flexibility index (Phi) is 10.7. The monoisotopic (exact) mass is 615 g/mol. The highest BCUT2D eigenvalue weighted by Gasteiger charge is 2.57. The van der Waals surface area contributed by atoms with Crippen molar-refractivity contribution >= 4 is 11.9 Å². The van der Waals surface area contributed by atoms with Crippen LogP contribution in [0, 0.1) is 0 Å². The van der Waals surface area contributed by atoms with E-state index in [1.165, 1.54) is 0 Å². The summed E-state index contributed by atoms with van der Waals surface area (Å²) in [5.74, 6) is -0.196. The van der Waals surface area contributed by atoms with Gasteiger partial charge in [-0.25, -0.2) is 4.79 Å². The van der Waals surface area contributed by atoms with Crippen LogP contribution in [0.5, 0.6) is 11.5 Å². The molecule has 0 radical (unpaired) electrons. The molecule has 1 unspecified atom stereocenters. The van der Waals surface area contributed by atoms with E-state index < -0.39 is 35.7 Å². The lowest BCUT2D eigenvalue weighted by Crippen LogP contribution is -2.49. The average Bonchev–Trinajstić information content (AvgIpc) is 3.61. The Morgan fingerprint density at radius 1 is 1.07 bits per heavy atom. The van der Waals surface area contributed by atoms with Crippen LogP contribution >= 0.6 is 0 Å². The molecule has 0 aromatic heterocycles. The van der Waals surface area contributed by atoms with Crippen LogP contribution in [0.3, 0.4) is 0 Å².